The maximum atomic E-state index is 13.4. The second-order valence-corrected chi connectivity index (χ2v) is 8.67. The van der Waals surface area contributed by atoms with Crippen LogP contribution in [0.25, 0.3) is 22.2 Å². The first-order valence-electron chi connectivity index (χ1n) is 11.9. The van der Waals surface area contributed by atoms with Gasteiger partial charge < -0.3 is 19.9 Å². The number of likely N-dealkylation sites (N-methyl/N-ethyl adjacent to an activating group) is 1. The number of nitrogens with one attached hydrogen (secondary N) is 1. The SMILES string of the molecule is CN(CC(=O)Nc1ccc(N2CCOCC2)cc1)C(=O)c1cc(-c2cccnc2)nc2ccccc12. The van der Waals surface area contributed by atoms with E-state index in [0.717, 1.165) is 42.9 Å². The van der Waals surface area contributed by atoms with Crippen molar-refractivity contribution in [3.63, 3.8) is 0 Å². The van der Waals surface area contributed by atoms with Crippen molar-refractivity contribution in [3.8, 4) is 11.3 Å². The largest absolute Gasteiger partial charge is 0.378 e. The molecule has 1 saturated heterocycles. The van der Waals surface area contributed by atoms with E-state index >= 15 is 0 Å². The fraction of sp³-hybridized carbons (Fsp3) is 0.214. The van der Waals surface area contributed by atoms with Gasteiger partial charge in [0.2, 0.25) is 5.91 Å². The van der Waals surface area contributed by atoms with Gasteiger partial charge in [-0.3, -0.25) is 14.6 Å². The molecule has 0 spiro atoms. The van der Waals surface area contributed by atoms with Gasteiger partial charge >= 0.3 is 0 Å². The number of benzene rings is 2. The van der Waals surface area contributed by atoms with Gasteiger partial charge in [0.1, 0.15) is 0 Å². The summed E-state index contributed by atoms with van der Waals surface area (Å²) in [5.41, 5.74) is 4.45. The molecule has 8 heteroatoms. The van der Waals surface area contributed by atoms with Crippen LogP contribution in [-0.4, -0.2) is 66.6 Å². The van der Waals surface area contributed by atoms with Crippen molar-refractivity contribution < 1.29 is 14.3 Å². The summed E-state index contributed by atoms with van der Waals surface area (Å²) in [6.07, 6.45) is 3.41. The van der Waals surface area contributed by atoms with E-state index in [1.165, 1.54) is 4.90 Å². The second-order valence-electron chi connectivity index (χ2n) is 8.67. The lowest BCUT2D eigenvalue weighted by Gasteiger charge is -2.28. The van der Waals surface area contributed by atoms with Gasteiger partial charge in [0, 0.05) is 54.9 Å². The highest BCUT2D eigenvalue weighted by Gasteiger charge is 2.20. The summed E-state index contributed by atoms with van der Waals surface area (Å²) < 4.78 is 5.40. The molecule has 1 fully saturated rings. The second kappa shape index (κ2) is 10.5. The van der Waals surface area contributed by atoms with Crippen LogP contribution in [0.2, 0.25) is 0 Å². The van der Waals surface area contributed by atoms with Gasteiger partial charge in [-0.05, 0) is 48.5 Å². The number of hydrogen-bond acceptors (Lipinski definition) is 6. The minimum Gasteiger partial charge on any atom is -0.378 e. The molecule has 2 amide bonds. The van der Waals surface area contributed by atoms with E-state index in [-0.39, 0.29) is 18.4 Å². The number of para-hydroxylation sites is 1. The molecular formula is C28H27N5O3. The number of carbonyl (C=O) groups is 2. The van der Waals surface area contributed by atoms with E-state index in [2.05, 4.69) is 15.2 Å². The number of carbonyl (C=O) groups excluding carboxylic acids is 2. The molecule has 1 aliphatic heterocycles. The van der Waals surface area contributed by atoms with Crippen LogP contribution in [0.3, 0.4) is 0 Å². The predicted molar refractivity (Wildman–Crippen MR) is 140 cm³/mol. The summed E-state index contributed by atoms with van der Waals surface area (Å²) in [6, 6.07) is 20.7. The monoisotopic (exact) mass is 481 g/mol. The van der Waals surface area contributed by atoms with Gasteiger partial charge in [0.05, 0.1) is 36.5 Å². The van der Waals surface area contributed by atoms with Gasteiger partial charge in [-0.2, -0.15) is 0 Å². The molecule has 36 heavy (non-hydrogen) atoms. The number of amides is 2. The highest BCUT2D eigenvalue weighted by Crippen LogP contribution is 2.25. The summed E-state index contributed by atoms with van der Waals surface area (Å²) in [6.45, 7) is 3.06. The number of fused-ring (bicyclic) bond motifs is 1. The van der Waals surface area contributed by atoms with E-state index in [9.17, 15) is 9.59 Å². The van der Waals surface area contributed by atoms with Crippen LogP contribution in [0.15, 0.2) is 79.1 Å². The number of ether oxygens (including phenoxy) is 1. The van der Waals surface area contributed by atoms with Crippen LogP contribution in [0.5, 0.6) is 0 Å². The summed E-state index contributed by atoms with van der Waals surface area (Å²) in [5, 5.41) is 3.62. The van der Waals surface area contributed by atoms with Gasteiger partial charge in [-0.15, -0.1) is 0 Å². The Hall–Kier alpha value is -4.30. The molecule has 2 aromatic heterocycles. The Morgan fingerprint density at radius 1 is 1.03 bits per heavy atom. The van der Waals surface area contributed by atoms with Gasteiger partial charge in [-0.25, -0.2) is 4.98 Å². The molecule has 3 heterocycles. The van der Waals surface area contributed by atoms with Crippen LogP contribution >= 0.6 is 0 Å². The van der Waals surface area contributed by atoms with E-state index in [1.54, 1.807) is 25.5 Å². The summed E-state index contributed by atoms with van der Waals surface area (Å²) in [7, 11) is 1.63. The number of aromatic nitrogens is 2. The van der Waals surface area contributed by atoms with Crippen LogP contribution in [0.4, 0.5) is 11.4 Å². The Morgan fingerprint density at radius 2 is 1.81 bits per heavy atom. The Balaban J connectivity index is 1.30. The Labute approximate surface area is 209 Å². The lowest BCUT2D eigenvalue weighted by atomic mass is 10.0. The first-order chi connectivity index (χ1) is 17.6. The third kappa shape index (κ3) is 5.18. The third-order valence-electron chi connectivity index (χ3n) is 6.16. The fourth-order valence-electron chi connectivity index (χ4n) is 4.28. The number of rotatable bonds is 6. The number of anilines is 2. The molecule has 0 saturated carbocycles. The van der Waals surface area contributed by atoms with Crippen molar-refractivity contribution in [1.82, 2.24) is 14.9 Å². The predicted octanol–water partition coefficient (Wildman–Crippen LogP) is 3.84. The number of morpholine rings is 1. The lowest BCUT2D eigenvalue weighted by Crippen LogP contribution is -2.36. The molecule has 5 rings (SSSR count). The first kappa shape index (κ1) is 23.4. The van der Waals surface area contributed by atoms with E-state index in [0.29, 0.717) is 22.5 Å². The van der Waals surface area contributed by atoms with Gasteiger partial charge in [0.25, 0.3) is 5.91 Å². The maximum absolute atomic E-state index is 13.4. The van der Waals surface area contributed by atoms with Crippen molar-refractivity contribution in [2.75, 3.05) is 50.1 Å². The van der Waals surface area contributed by atoms with E-state index < -0.39 is 0 Å². The molecule has 4 aromatic rings. The highest BCUT2D eigenvalue weighted by molar-refractivity contribution is 6.08. The Kier molecular flexibility index (Phi) is 6.86. The molecule has 0 radical (unpaired) electrons. The molecule has 8 nitrogen and oxygen atoms in total. The van der Waals surface area contributed by atoms with Crippen molar-refractivity contribution in [2.45, 2.75) is 0 Å². The Bertz CT molecular complexity index is 1370. The molecule has 0 unspecified atom stereocenters. The molecule has 182 valence electrons. The van der Waals surface area contributed by atoms with Gasteiger partial charge in [0.15, 0.2) is 0 Å². The molecule has 0 bridgehead atoms. The van der Waals surface area contributed by atoms with Gasteiger partial charge in [-0.1, -0.05) is 18.2 Å². The van der Waals surface area contributed by atoms with Crippen LogP contribution in [0, 0.1) is 0 Å². The smallest absolute Gasteiger partial charge is 0.254 e. The van der Waals surface area contributed by atoms with Crippen molar-refractivity contribution in [3.05, 3.63) is 84.7 Å². The number of hydrogen-bond donors (Lipinski definition) is 1. The van der Waals surface area contributed by atoms with Crippen molar-refractivity contribution >= 4 is 34.1 Å². The third-order valence-corrected chi connectivity index (χ3v) is 6.16. The highest BCUT2D eigenvalue weighted by atomic mass is 16.5. The standard InChI is InChI=1S/C28H27N5O3/c1-32(19-27(34)30-21-8-10-22(11-9-21)33-13-15-36-16-14-33)28(35)24-17-26(20-5-4-12-29-18-20)31-25-7-3-2-6-23(24)25/h2-12,17-18H,13-16,19H2,1H3,(H,30,34). The Morgan fingerprint density at radius 3 is 2.56 bits per heavy atom. The minimum absolute atomic E-state index is 0.0804. The zero-order valence-corrected chi connectivity index (χ0v) is 20.1. The quantitative estimate of drug-likeness (QED) is 0.450. The van der Waals surface area contributed by atoms with E-state index in [4.69, 9.17) is 9.72 Å². The summed E-state index contributed by atoms with van der Waals surface area (Å²) >= 11 is 0. The van der Waals surface area contributed by atoms with Crippen LogP contribution in [-0.2, 0) is 9.53 Å². The summed E-state index contributed by atoms with van der Waals surface area (Å²) in [4.78, 5) is 38.7. The average molecular weight is 482 g/mol. The van der Waals surface area contributed by atoms with Crippen LogP contribution in [0.1, 0.15) is 10.4 Å². The molecule has 1 N–H and O–H groups in total. The van der Waals surface area contributed by atoms with Crippen molar-refractivity contribution in [2.24, 2.45) is 0 Å². The normalized spacial score (nSPS) is 13.4. The molecule has 0 atom stereocenters. The first-order valence-corrected chi connectivity index (χ1v) is 11.9. The maximum Gasteiger partial charge on any atom is 0.254 e. The lowest BCUT2D eigenvalue weighted by molar-refractivity contribution is -0.116. The molecule has 1 aliphatic rings. The number of pyridine rings is 2. The fourth-order valence-corrected chi connectivity index (χ4v) is 4.28. The van der Waals surface area contributed by atoms with Crippen LogP contribution < -0.4 is 10.2 Å². The average Bonchev–Trinajstić information content (AvgIpc) is 2.93. The minimum atomic E-state index is -0.268. The molecule has 2 aromatic carbocycles. The summed E-state index contributed by atoms with van der Waals surface area (Å²) in [5.74, 6) is -0.521. The molecular weight excluding hydrogens is 454 g/mol. The number of nitrogens with zero attached hydrogens (tertiary/aromatic N) is 4. The topological polar surface area (TPSA) is 87.7 Å². The van der Waals surface area contributed by atoms with E-state index in [1.807, 2.05) is 60.7 Å². The zero-order valence-electron chi connectivity index (χ0n) is 20.1. The molecule has 0 aliphatic carbocycles. The zero-order chi connectivity index (χ0) is 24.9. The van der Waals surface area contributed by atoms with Crippen molar-refractivity contribution in [1.29, 1.82) is 0 Å².